The molecule has 0 atom stereocenters. The molecule has 0 saturated carbocycles. The topological polar surface area (TPSA) is 60.1 Å². The summed E-state index contributed by atoms with van der Waals surface area (Å²) in [6.45, 7) is 7.15. The molecule has 0 radical (unpaired) electrons. The molecule has 0 unspecified atom stereocenters. The third-order valence-corrected chi connectivity index (χ3v) is 2.66. The first-order valence-corrected chi connectivity index (χ1v) is 5.57. The highest BCUT2D eigenvalue weighted by molar-refractivity contribution is 4.65. The van der Waals surface area contributed by atoms with Gasteiger partial charge in [0.2, 0.25) is 5.28 Å². The van der Waals surface area contributed by atoms with E-state index in [1.165, 1.54) is 5.01 Å². The van der Waals surface area contributed by atoms with Crippen molar-refractivity contribution in [1.82, 2.24) is 5.01 Å². The maximum absolute atomic E-state index is 11.6. The molecule has 1 saturated heterocycles. The van der Waals surface area contributed by atoms with Crippen molar-refractivity contribution in [1.29, 1.82) is 0 Å². The zero-order valence-corrected chi connectivity index (χ0v) is 10.5. The summed E-state index contributed by atoms with van der Waals surface area (Å²) in [5, 5.41) is 16.6. The predicted octanol–water partition coefficient (Wildman–Crippen LogP) is 1.70. The number of hydrazine groups is 1. The Morgan fingerprint density at radius 1 is 1.38 bits per heavy atom. The van der Waals surface area contributed by atoms with Gasteiger partial charge in [0.15, 0.2) is 0 Å². The molecule has 1 aliphatic heterocycles. The van der Waals surface area contributed by atoms with E-state index in [1.54, 1.807) is 7.05 Å². The van der Waals surface area contributed by atoms with Gasteiger partial charge in [-0.05, 0) is 20.8 Å². The molecule has 16 heavy (non-hydrogen) atoms. The first-order valence-electron chi connectivity index (χ1n) is 5.57. The second-order valence-electron chi connectivity index (χ2n) is 4.95. The van der Waals surface area contributed by atoms with E-state index in [0.717, 1.165) is 12.8 Å². The molecule has 1 heterocycles. The minimum Gasteiger partial charge on any atom is -0.569 e. The van der Waals surface area contributed by atoms with E-state index < -0.39 is 0 Å². The fourth-order valence-electron chi connectivity index (χ4n) is 1.20. The normalized spacial score (nSPS) is 19.6. The van der Waals surface area contributed by atoms with E-state index in [4.69, 9.17) is 9.57 Å². The molecular formula is C10H21N3O3. The minimum atomic E-state index is -0.274. The van der Waals surface area contributed by atoms with E-state index in [1.807, 2.05) is 20.8 Å². The highest BCUT2D eigenvalue weighted by atomic mass is 16.7. The molecule has 1 fully saturated rings. The number of ether oxygens (including phenoxy) is 1. The zero-order chi connectivity index (χ0) is 12.2. The van der Waals surface area contributed by atoms with Crippen molar-refractivity contribution >= 4 is 0 Å². The van der Waals surface area contributed by atoms with E-state index in [0.29, 0.717) is 18.2 Å². The van der Waals surface area contributed by atoms with Crippen LogP contribution in [0.3, 0.4) is 0 Å². The average molecular weight is 231 g/mol. The average Bonchev–Trinajstić information content (AvgIpc) is 2.25. The van der Waals surface area contributed by atoms with Crippen LogP contribution in [0.5, 0.6) is 0 Å². The second-order valence-corrected chi connectivity index (χ2v) is 4.95. The molecule has 1 rings (SSSR count). The van der Waals surface area contributed by atoms with Gasteiger partial charge in [-0.1, -0.05) is 0 Å². The smallest absolute Gasteiger partial charge is 0.233 e. The first kappa shape index (κ1) is 13.0. The van der Waals surface area contributed by atoms with Crippen molar-refractivity contribution in [2.24, 2.45) is 5.28 Å². The molecule has 0 aromatic heterocycles. The van der Waals surface area contributed by atoms with Crippen molar-refractivity contribution in [3.8, 4) is 0 Å². The maximum atomic E-state index is 11.6. The van der Waals surface area contributed by atoms with Gasteiger partial charge >= 0.3 is 0 Å². The molecule has 0 aromatic rings. The quantitative estimate of drug-likeness (QED) is 0.421. The Hall–Kier alpha value is -1.04. The molecule has 0 aliphatic carbocycles. The van der Waals surface area contributed by atoms with Gasteiger partial charge < -0.3 is 14.8 Å². The standard InChI is InChI=1S/C10H21N3O3/c1-10(2,3)12(4)13(14)11-16-9-5-7-15-8-6-9/h9H,5-8H2,1-4H3/b13-11-. The highest BCUT2D eigenvalue weighted by Crippen LogP contribution is 2.13. The van der Waals surface area contributed by atoms with Gasteiger partial charge in [0.25, 0.3) is 0 Å². The Morgan fingerprint density at radius 3 is 2.44 bits per heavy atom. The fraction of sp³-hybridized carbons (Fsp3) is 1.00. The first-order chi connectivity index (χ1) is 7.41. The highest BCUT2D eigenvalue weighted by Gasteiger charge is 2.25. The van der Waals surface area contributed by atoms with Crippen LogP contribution in [0, 0.1) is 5.21 Å². The Kier molecular flexibility index (Phi) is 4.35. The summed E-state index contributed by atoms with van der Waals surface area (Å²) in [6, 6.07) is 0. The lowest BCUT2D eigenvalue weighted by atomic mass is 10.1. The molecule has 94 valence electrons. The summed E-state index contributed by atoms with van der Waals surface area (Å²) in [5.41, 5.74) is -0.274. The van der Waals surface area contributed by atoms with Crippen LogP contribution in [-0.2, 0) is 9.57 Å². The lowest BCUT2D eigenvalue weighted by Gasteiger charge is -2.27. The summed E-state index contributed by atoms with van der Waals surface area (Å²) >= 11 is 0. The SMILES string of the molecule is CN(/[N+]([O-])=N/OC1CCOCC1)C(C)(C)C. The second kappa shape index (κ2) is 5.34. The fourth-order valence-corrected chi connectivity index (χ4v) is 1.20. The van der Waals surface area contributed by atoms with Crippen LogP contribution in [-0.4, -0.2) is 41.9 Å². The van der Waals surface area contributed by atoms with Crippen molar-refractivity contribution < 1.29 is 14.5 Å². The molecule has 0 spiro atoms. The third-order valence-electron chi connectivity index (χ3n) is 2.66. The van der Waals surface area contributed by atoms with Crippen molar-refractivity contribution in [3.63, 3.8) is 0 Å². The number of hydrogen-bond acceptors (Lipinski definition) is 4. The molecule has 1 aliphatic rings. The summed E-state index contributed by atoms with van der Waals surface area (Å²) in [7, 11) is 1.68. The molecule has 0 bridgehead atoms. The van der Waals surface area contributed by atoms with Crippen molar-refractivity contribution in [2.75, 3.05) is 20.3 Å². The van der Waals surface area contributed by atoms with Gasteiger partial charge in [-0.15, -0.1) is 5.01 Å². The summed E-state index contributed by atoms with van der Waals surface area (Å²) < 4.78 is 5.18. The Labute approximate surface area is 96.3 Å². The van der Waals surface area contributed by atoms with Gasteiger partial charge in [0.1, 0.15) is 6.10 Å². The summed E-state index contributed by atoms with van der Waals surface area (Å²) in [6.07, 6.45) is 1.58. The van der Waals surface area contributed by atoms with Crippen LogP contribution in [0.1, 0.15) is 33.6 Å². The van der Waals surface area contributed by atoms with Crippen molar-refractivity contribution in [3.05, 3.63) is 5.21 Å². The number of nitrogens with zero attached hydrogens (tertiary/aromatic N) is 3. The van der Waals surface area contributed by atoms with Crippen LogP contribution >= 0.6 is 0 Å². The van der Waals surface area contributed by atoms with Crippen LogP contribution in [0.15, 0.2) is 5.28 Å². The molecule has 6 nitrogen and oxygen atoms in total. The van der Waals surface area contributed by atoms with Gasteiger partial charge in [0, 0.05) is 12.8 Å². The van der Waals surface area contributed by atoms with Gasteiger partial charge in [-0.3, -0.25) is 0 Å². The monoisotopic (exact) mass is 231 g/mol. The lowest BCUT2D eigenvalue weighted by Crippen LogP contribution is -2.42. The molecule has 0 amide bonds. The Balaban J connectivity index is 2.43. The molecule has 0 aromatic carbocycles. The zero-order valence-electron chi connectivity index (χ0n) is 10.5. The molecular weight excluding hydrogens is 210 g/mol. The van der Waals surface area contributed by atoms with Crippen LogP contribution in [0.4, 0.5) is 0 Å². The summed E-state index contributed by atoms with van der Waals surface area (Å²) in [4.78, 5) is 5.67. The number of rotatable bonds is 3. The molecule has 0 N–H and O–H groups in total. The van der Waals surface area contributed by atoms with E-state index in [9.17, 15) is 5.21 Å². The predicted molar refractivity (Wildman–Crippen MR) is 58.5 cm³/mol. The van der Waals surface area contributed by atoms with E-state index in [-0.39, 0.29) is 11.6 Å². The van der Waals surface area contributed by atoms with E-state index >= 15 is 0 Å². The van der Waals surface area contributed by atoms with Gasteiger partial charge in [-0.25, -0.2) is 0 Å². The maximum Gasteiger partial charge on any atom is 0.233 e. The Bertz CT molecular complexity index is 244. The summed E-state index contributed by atoms with van der Waals surface area (Å²) in [5.74, 6) is 0. The van der Waals surface area contributed by atoms with Crippen LogP contribution in [0.25, 0.3) is 0 Å². The minimum absolute atomic E-state index is 0.00133. The van der Waals surface area contributed by atoms with Crippen LogP contribution < -0.4 is 0 Å². The largest absolute Gasteiger partial charge is 0.569 e. The van der Waals surface area contributed by atoms with Crippen LogP contribution in [0.2, 0.25) is 0 Å². The van der Waals surface area contributed by atoms with Gasteiger partial charge in [-0.2, -0.15) is 0 Å². The van der Waals surface area contributed by atoms with Gasteiger partial charge in [0.05, 0.1) is 30.8 Å². The number of hydrogen-bond donors (Lipinski definition) is 0. The third kappa shape index (κ3) is 3.84. The van der Waals surface area contributed by atoms with E-state index in [2.05, 4.69) is 5.28 Å². The molecule has 6 heteroatoms. The lowest BCUT2D eigenvalue weighted by molar-refractivity contribution is -0.720. The van der Waals surface area contributed by atoms with Crippen molar-refractivity contribution in [2.45, 2.75) is 45.3 Å². The Morgan fingerprint density at radius 2 is 1.94 bits per heavy atom.